The van der Waals surface area contributed by atoms with Gasteiger partial charge in [-0.3, -0.25) is 14.4 Å². The Kier molecular flexibility index (Phi) is 6.89. The van der Waals surface area contributed by atoms with E-state index >= 15 is 0 Å². The number of likely N-dealkylation sites (tertiary alicyclic amines) is 1. The molecule has 0 saturated carbocycles. The number of carboxylic acid groups (broad SMARTS) is 1. The first-order valence-corrected chi connectivity index (χ1v) is 12.8. The van der Waals surface area contributed by atoms with Crippen LogP contribution in [0.5, 0.6) is 0 Å². The third-order valence-corrected chi connectivity index (χ3v) is 8.40. The third kappa shape index (κ3) is 4.11. The van der Waals surface area contributed by atoms with Gasteiger partial charge in [0.05, 0.1) is 30.6 Å². The number of aliphatic hydroxyl groups excluding tert-OH is 1. The fourth-order valence-corrected chi connectivity index (χ4v) is 7.07. The zero-order valence-corrected chi connectivity index (χ0v) is 21.8. The van der Waals surface area contributed by atoms with Crippen LogP contribution in [0.1, 0.15) is 32.8 Å². The van der Waals surface area contributed by atoms with Crippen molar-refractivity contribution in [2.75, 3.05) is 13.2 Å². The number of halogens is 1. The molecule has 1 spiro atoms. The van der Waals surface area contributed by atoms with E-state index < -0.39 is 53.0 Å². The van der Waals surface area contributed by atoms with Crippen LogP contribution in [-0.2, 0) is 25.5 Å². The Morgan fingerprint density at radius 1 is 1.34 bits per heavy atom. The fraction of sp³-hybridized carbons (Fsp3) is 0.577. The van der Waals surface area contributed by atoms with Gasteiger partial charge in [0.1, 0.15) is 11.6 Å². The number of ether oxygens (including phenoxy) is 1. The molecule has 4 rings (SSSR count). The summed E-state index contributed by atoms with van der Waals surface area (Å²) in [5.41, 5.74) is -0.970. The molecule has 3 heterocycles. The molecule has 1 aromatic carbocycles. The van der Waals surface area contributed by atoms with E-state index in [1.807, 2.05) is 51.1 Å². The van der Waals surface area contributed by atoms with Crippen molar-refractivity contribution in [1.82, 2.24) is 9.80 Å². The van der Waals surface area contributed by atoms with Gasteiger partial charge in [-0.05, 0) is 39.2 Å². The van der Waals surface area contributed by atoms with Gasteiger partial charge in [-0.2, -0.15) is 0 Å². The maximum absolute atomic E-state index is 14.3. The van der Waals surface area contributed by atoms with Gasteiger partial charge < -0.3 is 24.7 Å². The summed E-state index contributed by atoms with van der Waals surface area (Å²) >= 11 is 3.56. The molecule has 3 saturated heterocycles. The molecule has 9 heteroatoms. The molecule has 8 nitrogen and oxygen atoms in total. The summed E-state index contributed by atoms with van der Waals surface area (Å²) in [6, 6.07) is 7.65. The molecular weight excluding hydrogens is 516 g/mol. The molecule has 2 amide bonds. The predicted octanol–water partition coefficient (Wildman–Crippen LogP) is 2.24. The Bertz CT molecular complexity index is 1010. The normalized spacial score (nSPS) is 32.4. The summed E-state index contributed by atoms with van der Waals surface area (Å²) in [4.78, 5) is 43.4. The minimum Gasteiger partial charge on any atom is -0.481 e. The predicted molar refractivity (Wildman–Crippen MR) is 133 cm³/mol. The van der Waals surface area contributed by atoms with E-state index in [0.717, 1.165) is 5.56 Å². The van der Waals surface area contributed by atoms with Crippen molar-refractivity contribution in [3.05, 3.63) is 48.6 Å². The average Bonchev–Trinajstić information content (AvgIpc) is 3.39. The Balaban J connectivity index is 1.84. The number of aliphatic carboxylic acids is 1. The van der Waals surface area contributed by atoms with Gasteiger partial charge in [0.15, 0.2) is 0 Å². The maximum atomic E-state index is 14.3. The standard InChI is InChI=1S/C26H33BrN2O6/c1-5-11-28(25(2,3)4)23(32)21-26-13-17(27)20(35-26)18(24(33)34)19(26)22(31)29(21)16(14-30)12-15-9-7-6-8-10-15/h5-10,16-21,30H,1,11-14H2,2-4H3,(H,33,34)/t16-,17?,18+,19-,20+,21+,26-/m1/s1. The zero-order valence-electron chi connectivity index (χ0n) is 20.3. The van der Waals surface area contributed by atoms with Crippen LogP contribution < -0.4 is 0 Å². The summed E-state index contributed by atoms with van der Waals surface area (Å²) < 4.78 is 6.35. The molecule has 3 aliphatic heterocycles. The lowest BCUT2D eigenvalue weighted by molar-refractivity contribution is -0.155. The first-order chi connectivity index (χ1) is 16.5. The van der Waals surface area contributed by atoms with Crippen molar-refractivity contribution in [2.45, 2.75) is 67.8 Å². The fourth-order valence-electron chi connectivity index (χ4n) is 6.13. The highest BCUT2D eigenvalue weighted by Crippen LogP contribution is 2.60. The third-order valence-electron chi connectivity index (χ3n) is 7.55. The van der Waals surface area contributed by atoms with Crippen LogP contribution >= 0.6 is 15.9 Å². The summed E-state index contributed by atoms with van der Waals surface area (Å²) in [5, 5.41) is 20.5. The molecule has 0 aromatic heterocycles. The zero-order chi connectivity index (χ0) is 25.7. The molecule has 3 aliphatic rings. The van der Waals surface area contributed by atoms with Crippen molar-refractivity contribution < 1.29 is 29.3 Å². The first kappa shape index (κ1) is 25.9. The van der Waals surface area contributed by atoms with Crippen LogP contribution in [0.15, 0.2) is 43.0 Å². The van der Waals surface area contributed by atoms with E-state index in [1.54, 1.807) is 11.0 Å². The van der Waals surface area contributed by atoms with Gasteiger partial charge >= 0.3 is 5.97 Å². The molecule has 35 heavy (non-hydrogen) atoms. The van der Waals surface area contributed by atoms with Crippen LogP contribution in [0.4, 0.5) is 0 Å². The molecule has 1 unspecified atom stereocenters. The van der Waals surface area contributed by atoms with Gasteiger partial charge in [-0.25, -0.2) is 0 Å². The number of carbonyl (C=O) groups excluding carboxylic acids is 2. The molecule has 3 fully saturated rings. The highest BCUT2D eigenvalue weighted by atomic mass is 79.9. The molecule has 2 bridgehead atoms. The second kappa shape index (κ2) is 9.33. The largest absolute Gasteiger partial charge is 0.481 e. The minimum absolute atomic E-state index is 0.258. The van der Waals surface area contributed by atoms with Crippen molar-refractivity contribution in [2.24, 2.45) is 11.8 Å². The summed E-state index contributed by atoms with van der Waals surface area (Å²) in [5.74, 6) is -3.95. The lowest BCUT2D eigenvalue weighted by Crippen LogP contribution is -2.62. The average molecular weight is 549 g/mol. The van der Waals surface area contributed by atoms with Crippen LogP contribution in [0.25, 0.3) is 0 Å². The number of carboxylic acids is 1. The van der Waals surface area contributed by atoms with Gasteiger partial charge in [0.2, 0.25) is 11.8 Å². The smallest absolute Gasteiger partial charge is 0.310 e. The van der Waals surface area contributed by atoms with Crippen molar-refractivity contribution in [1.29, 1.82) is 0 Å². The summed E-state index contributed by atoms with van der Waals surface area (Å²) in [6.07, 6.45) is 1.59. The Morgan fingerprint density at radius 2 is 2.00 bits per heavy atom. The van der Waals surface area contributed by atoms with Crippen molar-refractivity contribution in [3.8, 4) is 0 Å². The lowest BCUT2D eigenvalue weighted by Gasteiger charge is -2.43. The first-order valence-electron chi connectivity index (χ1n) is 11.9. The van der Waals surface area contributed by atoms with Crippen LogP contribution in [0.3, 0.4) is 0 Å². The quantitative estimate of drug-likeness (QED) is 0.381. The van der Waals surface area contributed by atoms with E-state index in [1.165, 1.54) is 4.90 Å². The number of benzene rings is 1. The van der Waals surface area contributed by atoms with E-state index in [2.05, 4.69) is 22.5 Å². The topological polar surface area (TPSA) is 107 Å². The maximum Gasteiger partial charge on any atom is 0.310 e. The molecule has 0 aliphatic carbocycles. The van der Waals surface area contributed by atoms with Crippen molar-refractivity contribution in [3.63, 3.8) is 0 Å². The Hall–Kier alpha value is -2.23. The molecule has 7 atom stereocenters. The number of nitrogens with zero attached hydrogens (tertiary/aromatic N) is 2. The molecule has 1 aromatic rings. The molecule has 2 N–H and O–H groups in total. The SMILES string of the molecule is C=CCN(C(=O)[C@@H]1N([C@@H](CO)Cc2ccccc2)C(=O)[C@H]2[C@H](C(=O)O)[C@H]3O[C@@]12CC3Br)C(C)(C)C. The number of alkyl halides is 1. The van der Waals surface area contributed by atoms with E-state index in [-0.39, 0.29) is 23.9 Å². The highest BCUT2D eigenvalue weighted by Gasteiger charge is 2.77. The number of aliphatic hydroxyl groups is 1. The molecule has 190 valence electrons. The van der Waals surface area contributed by atoms with Gasteiger partial charge in [-0.1, -0.05) is 52.3 Å². The molecular formula is C26H33BrN2O6. The Labute approximate surface area is 214 Å². The second-order valence-electron chi connectivity index (χ2n) is 10.7. The number of rotatable bonds is 8. The highest BCUT2D eigenvalue weighted by molar-refractivity contribution is 9.09. The van der Waals surface area contributed by atoms with E-state index in [4.69, 9.17) is 4.74 Å². The number of carbonyl (C=O) groups is 3. The summed E-state index contributed by atoms with van der Waals surface area (Å²) in [6.45, 7) is 9.38. The number of hydrogen-bond donors (Lipinski definition) is 2. The van der Waals surface area contributed by atoms with Gasteiger partial charge in [-0.15, -0.1) is 6.58 Å². The number of hydrogen-bond acceptors (Lipinski definition) is 5. The molecule has 0 radical (unpaired) electrons. The van der Waals surface area contributed by atoms with Gasteiger partial charge in [0, 0.05) is 16.9 Å². The van der Waals surface area contributed by atoms with Crippen LogP contribution in [0.2, 0.25) is 0 Å². The van der Waals surface area contributed by atoms with Crippen molar-refractivity contribution >= 4 is 33.7 Å². The lowest BCUT2D eigenvalue weighted by atomic mass is 9.70. The number of amides is 2. The Morgan fingerprint density at radius 3 is 2.54 bits per heavy atom. The van der Waals surface area contributed by atoms with E-state index in [0.29, 0.717) is 12.8 Å². The summed E-state index contributed by atoms with van der Waals surface area (Å²) in [7, 11) is 0. The van der Waals surface area contributed by atoms with Gasteiger partial charge in [0.25, 0.3) is 0 Å². The van der Waals surface area contributed by atoms with Crippen LogP contribution in [0, 0.1) is 11.8 Å². The minimum atomic E-state index is -1.29. The van der Waals surface area contributed by atoms with E-state index in [9.17, 15) is 24.6 Å². The monoisotopic (exact) mass is 548 g/mol. The van der Waals surface area contributed by atoms with Crippen LogP contribution in [-0.4, -0.2) is 85.1 Å². The number of fused-ring (bicyclic) bond motifs is 1. The second-order valence-corrected chi connectivity index (χ2v) is 11.9.